The summed E-state index contributed by atoms with van der Waals surface area (Å²) in [5.41, 5.74) is 1.33. The van der Waals surface area contributed by atoms with Crippen LogP contribution in [0.4, 0.5) is 11.5 Å². The van der Waals surface area contributed by atoms with Crippen molar-refractivity contribution in [2.45, 2.75) is 61.9 Å². The highest BCUT2D eigenvalue weighted by atomic mass is 32.2. The first-order chi connectivity index (χ1) is 18.5. The van der Waals surface area contributed by atoms with E-state index in [1.54, 1.807) is 28.8 Å². The first-order valence-corrected chi connectivity index (χ1v) is 15.2. The summed E-state index contributed by atoms with van der Waals surface area (Å²) in [6, 6.07) is 8.63. The van der Waals surface area contributed by atoms with Gasteiger partial charge in [-0.25, -0.2) is 18.4 Å². The monoisotopic (exact) mass is 537 g/mol. The molecular weight excluding hydrogens is 502 g/mol. The quantitative estimate of drug-likeness (QED) is 0.496. The number of fused-ring (bicyclic) bond motifs is 1. The van der Waals surface area contributed by atoms with Gasteiger partial charge < -0.3 is 20.1 Å². The minimum atomic E-state index is -3.62. The van der Waals surface area contributed by atoms with Gasteiger partial charge in [0.2, 0.25) is 15.9 Å². The maximum absolute atomic E-state index is 13.8. The Morgan fingerprint density at radius 2 is 1.74 bits per heavy atom. The predicted molar refractivity (Wildman–Crippen MR) is 147 cm³/mol. The molecule has 3 aliphatic rings. The Morgan fingerprint density at radius 3 is 2.61 bits per heavy atom. The number of amides is 1. The number of nitrogens with one attached hydrogen (secondary N) is 2. The maximum atomic E-state index is 13.8. The van der Waals surface area contributed by atoms with Gasteiger partial charge in [-0.2, -0.15) is 4.31 Å². The number of sulfonamides is 1. The topological polar surface area (TPSA) is 115 Å². The van der Waals surface area contributed by atoms with Crippen molar-refractivity contribution in [2.24, 2.45) is 0 Å². The number of anilines is 2. The highest BCUT2D eigenvalue weighted by Gasteiger charge is 2.37. The van der Waals surface area contributed by atoms with Gasteiger partial charge in [0, 0.05) is 45.0 Å². The largest absolute Gasteiger partial charge is 0.373 e. The third-order valence-electron chi connectivity index (χ3n) is 8.09. The number of hydrogen-bond acceptors (Lipinski definition) is 7. The van der Waals surface area contributed by atoms with Gasteiger partial charge in [0.05, 0.1) is 11.1 Å². The normalized spacial score (nSPS) is 23.6. The molecule has 0 radical (unpaired) electrons. The Labute approximate surface area is 223 Å². The van der Waals surface area contributed by atoms with Crippen molar-refractivity contribution in [3.63, 3.8) is 0 Å². The van der Waals surface area contributed by atoms with E-state index < -0.39 is 16.1 Å². The molecule has 0 spiro atoms. The molecule has 0 bridgehead atoms. The van der Waals surface area contributed by atoms with Crippen LogP contribution in [-0.2, 0) is 14.8 Å². The smallest absolute Gasteiger partial charge is 0.245 e. The van der Waals surface area contributed by atoms with Crippen molar-refractivity contribution in [1.29, 1.82) is 0 Å². The van der Waals surface area contributed by atoms with Crippen LogP contribution in [0.2, 0.25) is 0 Å². The first kappa shape index (κ1) is 25.1. The lowest BCUT2D eigenvalue weighted by Gasteiger charge is -2.43. The molecule has 2 atom stereocenters. The van der Waals surface area contributed by atoms with E-state index in [2.05, 4.69) is 25.2 Å². The molecule has 2 N–H and O–H groups in total. The van der Waals surface area contributed by atoms with Crippen LogP contribution in [0, 0.1) is 0 Å². The third-order valence-corrected chi connectivity index (χ3v) is 10.0. The molecule has 2 aromatic heterocycles. The molecule has 3 aromatic rings. The molecule has 2 unspecified atom stereocenters. The zero-order valence-corrected chi connectivity index (χ0v) is 22.4. The van der Waals surface area contributed by atoms with Gasteiger partial charge in [0.1, 0.15) is 28.7 Å². The Morgan fingerprint density at radius 1 is 0.921 bits per heavy atom. The Kier molecular flexibility index (Phi) is 6.96. The summed E-state index contributed by atoms with van der Waals surface area (Å²) in [4.78, 5) is 30.3. The summed E-state index contributed by atoms with van der Waals surface area (Å²) in [7, 11) is -3.62. The number of para-hydroxylation sites is 1. The fourth-order valence-corrected chi connectivity index (χ4v) is 7.82. The molecule has 202 valence electrons. The summed E-state index contributed by atoms with van der Waals surface area (Å²) in [5.74, 6) is 0.944. The lowest BCUT2D eigenvalue weighted by atomic mass is 9.97. The van der Waals surface area contributed by atoms with Crippen LogP contribution >= 0.6 is 0 Å². The summed E-state index contributed by atoms with van der Waals surface area (Å²) >= 11 is 0. The van der Waals surface area contributed by atoms with E-state index >= 15 is 0 Å². The molecule has 1 amide bonds. The molecular formula is C27H35N7O3S. The number of hydrogen-bond donors (Lipinski definition) is 2. The number of carbonyl (C=O) groups is 1. The second-order valence-corrected chi connectivity index (χ2v) is 12.4. The molecule has 5 heterocycles. The standard InChI is InChI=1S/C27H35N7O3S/c35-27-23(31-22-9-2-3-11-24(22)38(36,37)33-15-4-1-5-16-33)10-7-17-34(27)20-8-6-14-32(18-20)26-21-12-13-28-25(21)29-19-30-26/h2-3,9,11-13,19-20,23,31H,1,4-8,10,14-18H2,(H,28,29,30). The van der Waals surface area contributed by atoms with E-state index in [1.165, 1.54) is 0 Å². The van der Waals surface area contributed by atoms with Crippen molar-refractivity contribution in [2.75, 3.05) is 42.9 Å². The molecule has 38 heavy (non-hydrogen) atoms. The molecule has 3 aliphatic heterocycles. The zero-order valence-electron chi connectivity index (χ0n) is 21.6. The van der Waals surface area contributed by atoms with Crippen molar-refractivity contribution < 1.29 is 13.2 Å². The van der Waals surface area contributed by atoms with Crippen molar-refractivity contribution in [3.05, 3.63) is 42.9 Å². The van der Waals surface area contributed by atoms with E-state index in [0.29, 0.717) is 31.7 Å². The molecule has 3 saturated heterocycles. The molecule has 1 aromatic carbocycles. The van der Waals surface area contributed by atoms with Gasteiger partial charge in [-0.3, -0.25) is 4.79 Å². The van der Waals surface area contributed by atoms with Gasteiger partial charge in [0.15, 0.2) is 0 Å². The number of H-pyrrole nitrogens is 1. The van der Waals surface area contributed by atoms with Gasteiger partial charge in [-0.1, -0.05) is 18.6 Å². The molecule has 11 heteroatoms. The van der Waals surface area contributed by atoms with Crippen LogP contribution < -0.4 is 10.2 Å². The number of likely N-dealkylation sites (tertiary alicyclic amines) is 1. The summed E-state index contributed by atoms with van der Waals surface area (Å²) in [5, 5.41) is 4.33. The lowest BCUT2D eigenvalue weighted by Crippen LogP contribution is -2.56. The molecule has 3 fully saturated rings. The van der Waals surface area contributed by atoms with Crippen LogP contribution in [-0.4, -0.2) is 83.3 Å². The fraction of sp³-hybridized carbons (Fsp3) is 0.519. The number of aromatic nitrogens is 3. The van der Waals surface area contributed by atoms with Crippen LogP contribution in [0.15, 0.2) is 47.8 Å². The highest BCUT2D eigenvalue weighted by Crippen LogP contribution is 2.31. The Bertz CT molecular complexity index is 1400. The van der Waals surface area contributed by atoms with Crippen LogP contribution in [0.3, 0.4) is 0 Å². The Balaban J connectivity index is 1.19. The molecule has 6 rings (SSSR count). The summed E-state index contributed by atoms with van der Waals surface area (Å²) in [6.07, 6.45) is 9.75. The number of piperidine rings is 3. The minimum absolute atomic E-state index is 0.0442. The lowest BCUT2D eigenvalue weighted by molar-refractivity contribution is -0.137. The molecule has 0 aliphatic carbocycles. The van der Waals surface area contributed by atoms with Crippen LogP contribution in [0.5, 0.6) is 0 Å². The van der Waals surface area contributed by atoms with E-state index in [1.807, 2.05) is 23.2 Å². The molecule has 0 saturated carbocycles. The number of benzene rings is 1. The summed E-state index contributed by atoms with van der Waals surface area (Å²) in [6.45, 7) is 3.42. The van der Waals surface area contributed by atoms with Crippen molar-refractivity contribution >= 4 is 38.5 Å². The van der Waals surface area contributed by atoms with Crippen LogP contribution in [0.25, 0.3) is 11.0 Å². The van der Waals surface area contributed by atoms with Crippen molar-refractivity contribution in [3.8, 4) is 0 Å². The van der Waals surface area contributed by atoms with Crippen molar-refractivity contribution in [1.82, 2.24) is 24.2 Å². The second kappa shape index (κ2) is 10.5. The van der Waals surface area contributed by atoms with Gasteiger partial charge >= 0.3 is 0 Å². The average Bonchev–Trinajstić information content (AvgIpc) is 3.44. The van der Waals surface area contributed by atoms with E-state index in [4.69, 9.17) is 0 Å². The van der Waals surface area contributed by atoms with Gasteiger partial charge in [-0.15, -0.1) is 0 Å². The van der Waals surface area contributed by atoms with E-state index in [9.17, 15) is 13.2 Å². The number of rotatable bonds is 6. The second-order valence-electron chi connectivity index (χ2n) is 10.5. The molecule has 10 nitrogen and oxygen atoms in total. The third kappa shape index (κ3) is 4.73. The number of nitrogens with zero attached hydrogens (tertiary/aromatic N) is 5. The number of aromatic amines is 1. The number of carbonyl (C=O) groups excluding carboxylic acids is 1. The predicted octanol–water partition coefficient (Wildman–Crippen LogP) is 3.20. The minimum Gasteiger partial charge on any atom is -0.373 e. The SMILES string of the molecule is O=C1C(Nc2ccccc2S(=O)(=O)N2CCCCC2)CCCN1C1CCCN(c2ncnc3[nH]ccc23)C1. The summed E-state index contributed by atoms with van der Waals surface area (Å²) < 4.78 is 28.5. The average molecular weight is 538 g/mol. The highest BCUT2D eigenvalue weighted by molar-refractivity contribution is 7.89. The fourth-order valence-electron chi connectivity index (χ4n) is 6.15. The van der Waals surface area contributed by atoms with E-state index in [0.717, 1.165) is 68.5 Å². The maximum Gasteiger partial charge on any atom is 0.245 e. The Hall–Kier alpha value is -3.18. The van der Waals surface area contributed by atoms with Crippen LogP contribution in [0.1, 0.15) is 44.9 Å². The zero-order chi connectivity index (χ0) is 26.1. The van der Waals surface area contributed by atoms with E-state index in [-0.39, 0.29) is 16.8 Å². The first-order valence-electron chi connectivity index (χ1n) is 13.7. The van der Waals surface area contributed by atoms with Gasteiger partial charge in [0.25, 0.3) is 0 Å². The van der Waals surface area contributed by atoms with Gasteiger partial charge in [-0.05, 0) is 56.7 Å².